The predicted molar refractivity (Wildman–Crippen MR) is 77.0 cm³/mol. The molecule has 7 heteroatoms. The van der Waals surface area contributed by atoms with Gasteiger partial charge in [-0.05, 0) is 26.0 Å². The maximum atomic E-state index is 11.9. The second kappa shape index (κ2) is 6.65. The minimum Gasteiger partial charge on any atom is -0.352 e. The third-order valence-electron chi connectivity index (χ3n) is 2.57. The van der Waals surface area contributed by atoms with Crippen LogP contribution in [-0.2, 0) is 4.79 Å². The number of carbonyl (C=O) groups is 2. The lowest BCUT2D eigenvalue weighted by atomic mass is 10.3. The first-order valence-electron chi connectivity index (χ1n) is 6.61. The molecular formula is C14H17N5O2. The van der Waals surface area contributed by atoms with Crippen LogP contribution in [0.25, 0.3) is 5.69 Å². The van der Waals surface area contributed by atoms with E-state index in [2.05, 4.69) is 20.8 Å². The van der Waals surface area contributed by atoms with Gasteiger partial charge in [0.15, 0.2) is 5.69 Å². The van der Waals surface area contributed by atoms with Gasteiger partial charge in [-0.3, -0.25) is 9.59 Å². The second-order valence-corrected chi connectivity index (χ2v) is 4.76. The predicted octanol–water partition coefficient (Wildman–Crippen LogP) is 0.522. The molecule has 0 aliphatic heterocycles. The van der Waals surface area contributed by atoms with E-state index in [1.165, 1.54) is 11.0 Å². The molecule has 0 bridgehead atoms. The van der Waals surface area contributed by atoms with Crippen molar-refractivity contribution in [2.24, 2.45) is 0 Å². The number of aromatic nitrogens is 3. The largest absolute Gasteiger partial charge is 0.352 e. The standard InChI is InChI=1S/C14H17N5O2/c1-10(2)17-13(20)9-15-14(21)12-8-16-19(18-12)11-6-4-3-5-7-11/h3-8,10H,9H2,1-2H3,(H,15,21)(H,17,20). The Morgan fingerprint density at radius 1 is 1.24 bits per heavy atom. The summed E-state index contributed by atoms with van der Waals surface area (Å²) in [5.74, 6) is -0.676. The summed E-state index contributed by atoms with van der Waals surface area (Å²) in [5, 5.41) is 13.3. The van der Waals surface area contributed by atoms with Crippen LogP contribution in [0.5, 0.6) is 0 Å². The Balaban J connectivity index is 1.95. The first-order chi connectivity index (χ1) is 10.1. The number of para-hydroxylation sites is 1. The number of nitrogens with one attached hydrogen (secondary N) is 2. The molecule has 0 radical (unpaired) electrons. The van der Waals surface area contributed by atoms with Gasteiger partial charge in [-0.25, -0.2) is 0 Å². The van der Waals surface area contributed by atoms with Crippen molar-refractivity contribution in [1.29, 1.82) is 0 Å². The quantitative estimate of drug-likeness (QED) is 0.839. The highest BCUT2D eigenvalue weighted by Gasteiger charge is 2.12. The Hall–Kier alpha value is -2.70. The molecule has 0 unspecified atom stereocenters. The molecule has 0 spiro atoms. The van der Waals surface area contributed by atoms with Gasteiger partial charge in [-0.15, -0.1) is 5.10 Å². The molecule has 2 amide bonds. The molecule has 0 saturated carbocycles. The van der Waals surface area contributed by atoms with Gasteiger partial charge in [-0.2, -0.15) is 9.90 Å². The van der Waals surface area contributed by atoms with Crippen molar-refractivity contribution in [3.63, 3.8) is 0 Å². The fourth-order valence-electron chi connectivity index (χ4n) is 1.68. The van der Waals surface area contributed by atoms with Crippen molar-refractivity contribution in [2.45, 2.75) is 19.9 Å². The van der Waals surface area contributed by atoms with Crippen molar-refractivity contribution in [3.05, 3.63) is 42.2 Å². The summed E-state index contributed by atoms with van der Waals surface area (Å²) < 4.78 is 0. The lowest BCUT2D eigenvalue weighted by Crippen LogP contribution is -2.39. The van der Waals surface area contributed by atoms with Gasteiger partial charge >= 0.3 is 0 Å². The van der Waals surface area contributed by atoms with E-state index in [-0.39, 0.29) is 24.2 Å². The van der Waals surface area contributed by atoms with Crippen molar-refractivity contribution in [3.8, 4) is 5.69 Å². The Morgan fingerprint density at radius 2 is 1.95 bits per heavy atom. The van der Waals surface area contributed by atoms with Crippen molar-refractivity contribution in [1.82, 2.24) is 25.6 Å². The number of benzene rings is 1. The molecule has 0 atom stereocenters. The molecule has 1 heterocycles. The third kappa shape index (κ3) is 4.13. The van der Waals surface area contributed by atoms with Gasteiger partial charge in [0.2, 0.25) is 5.91 Å². The molecule has 2 aromatic rings. The normalized spacial score (nSPS) is 10.4. The van der Waals surface area contributed by atoms with E-state index < -0.39 is 5.91 Å². The first-order valence-corrected chi connectivity index (χ1v) is 6.61. The van der Waals surface area contributed by atoms with E-state index >= 15 is 0 Å². The summed E-state index contributed by atoms with van der Waals surface area (Å²) in [5.41, 5.74) is 0.922. The highest BCUT2D eigenvalue weighted by atomic mass is 16.2. The molecule has 110 valence electrons. The number of rotatable bonds is 5. The number of hydrogen-bond acceptors (Lipinski definition) is 4. The summed E-state index contributed by atoms with van der Waals surface area (Å²) in [7, 11) is 0. The van der Waals surface area contributed by atoms with Gasteiger partial charge in [0.25, 0.3) is 5.91 Å². The highest BCUT2D eigenvalue weighted by Crippen LogP contribution is 2.03. The number of amides is 2. The molecular weight excluding hydrogens is 270 g/mol. The van der Waals surface area contributed by atoms with Crippen LogP contribution in [0.2, 0.25) is 0 Å². The van der Waals surface area contributed by atoms with Crippen LogP contribution in [0.15, 0.2) is 36.5 Å². The first kappa shape index (κ1) is 14.7. The maximum Gasteiger partial charge on any atom is 0.273 e. The van der Waals surface area contributed by atoms with E-state index in [4.69, 9.17) is 0 Å². The molecule has 1 aromatic heterocycles. The molecule has 0 aliphatic rings. The monoisotopic (exact) mass is 287 g/mol. The fourth-order valence-corrected chi connectivity index (χ4v) is 1.68. The van der Waals surface area contributed by atoms with Crippen LogP contribution >= 0.6 is 0 Å². The fraction of sp³-hybridized carbons (Fsp3) is 0.286. The second-order valence-electron chi connectivity index (χ2n) is 4.76. The maximum absolute atomic E-state index is 11.9. The van der Waals surface area contributed by atoms with Crippen LogP contribution in [0.4, 0.5) is 0 Å². The zero-order valence-corrected chi connectivity index (χ0v) is 11.9. The van der Waals surface area contributed by atoms with Crippen LogP contribution in [-0.4, -0.2) is 39.4 Å². The zero-order chi connectivity index (χ0) is 15.2. The average Bonchev–Trinajstić information content (AvgIpc) is 2.95. The van der Waals surface area contributed by atoms with E-state index in [0.29, 0.717) is 0 Å². The van der Waals surface area contributed by atoms with Crippen molar-refractivity contribution in [2.75, 3.05) is 6.54 Å². The molecule has 0 fully saturated rings. The smallest absolute Gasteiger partial charge is 0.273 e. The Kier molecular flexibility index (Phi) is 4.65. The van der Waals surface area contributed by atoms with E-state index in [1.807, 2.05) is 44.2 Å². The molecule has 2 N–H and O–H groups in total. The SMILES string of the molecule is CC(C)NC(=O)CNC(=O)c1cnn(-c2ccccc2)n1. The lowest BCUT2D eigenvalue weighted by molar-refractivity contribution is -0.120. The van der Waals surface area contributed by atoms with E-state index in [0.717, 1.165) is 5.69 Å². The van der Waals surface area contributed by atoms with Crippen LogP contribution < -0.4 is 10.6 Å². The molecule has 0 saturated heterocycles. The average molecular weight is 287 g/mol. The van der Waals surface area contributed by atoms with Gasteiger partial charge < -0.3 is 10.6 Å². The van der Waals surface area contributed by atoms with E-state index in [1.54, 1.807) is 0 Å². The Bertz CT molecular complexity index is 621. The summed E-state index contributed by atoms with van der Waals surface area (Å²) in [6, 6.07) is 9.29. The van der Waals surface area contributed by atoms with E-state index in [9.17, 15) is 9.59 Å². The summed E-state index contributed by atoms with van der Waals surface area (Å²) in [4.78, 5) is 24.7. The topological polar surface area (TPSA) is 88.9 Å². The summed E-state index contributed by atoms with van der Waals surface area (Å²) >= 11 is 0. The molecule has 0 aliphatic carbocycles. The molecule has 7 nitrogen and oxygen atoms in total. The minimum absolute atomic E-state index is 0.0355. The number of carbonyl (C=O) groups excluding carboxylic acids is 2. The molecule has 1 aromatic carbocycles. The number of hydrogen-bond donors (Lipinski definition) is 2. The summed E-state index contributed by atoms with van der Waals surface area (Å²) in [6.45, 7) is 3.62. The van der Waals surface area contributed by atoms with Crippen LogP contribution in [0.1, 0.15) is 24.3 Å². The van der Waals surface area contributed by atoms with Crippen LogP contribution in [0, 0.1) is 0 Å². The van der Waals surface area contributed by atoms with Crippen molar-refractivity contribution >= 4 is 11.8 Å². The zero-order valence-electron chi connectivity index (χ0n) is 11.9. The Labute approximate surface area is 122 Å². The van der Waals surface area contributed by atoms with Gasteiger partial charge in [0, 0.05) is 6.04 Å². The van der Waals surface area contributed by atoms with Gasteiger partial charge in [-0.1, -0.05) is 18.2 Å². The van der Waals surface area contributed by atoms with Crippen LogP contribution in [0.3, 0.4) is 0 Å². The van der Waals surface area contributed by atoms with Gasteiger partial charge in [0.05, 0.1) is 18.4 Å². The lowest BCUT2D eigenvalue weighted by Gasteiger charge is -2.08. The molecule has 21 heavy (non-hydrogen) atoms. The summed E-state index contributed by atoms with van der Waals surface area (Å²) in [6.07, 6.45) is 1.36. The third-order valence-corrected chi connectivity index (χ3v) is 2.57. The minimum atomic E-state index is -0.434. The number of nitrogens with zero attached hydrogens (tertiary/aromatic N) is 3. The Morgan fingerprint density at radius 3 is 2.62 bits per heavy atom. The molecule has 2 rings (SSSR count). The highest BCUT2D eigenvalue weighted by molar-refractivity contribution is 5.94. The van der Waals surface area contributed by atoms with Crippen molar-refractivity contribution < 1.29 is 9.59 Å². The van der Waals surface area contributed by atoms with Gasteiger partial charge in [0.1, 0.15) is 0 Å².